The van der Waals surface area contributed by atoms with Gasteiger partial charge in [-0.1, -0.05) is 5.16 Å². The Balaban J connectivity index is 1.43. The fraction of sp³-hybridized carbons (Fsp3) is 0.538. The Hall–Kier alpha value is -2.96. The molecule has 35 heavy (non-hydrogen) atoms. The summed E-state index contributed by atoms with van der Waals surface area (Å²) in [7, 11) is 0. The van der Waals surface area contributed by atoms with Gasteiger partial charge in [0.2, 0.25) is 5.95 Å². The molecule has 0 saturated carbocycles. The predicted molar refractivity (Wildman–Crippen MR) is 137 cm³/mol. The van der Waals surface area contributed by atoms with Crippen LogP contribution < -0.4 is 16.0 Å². The molecule has 3 aromatic heterocycles. The third-order valence-electron chi connectivity index (χ3n) is 8.27. The van der Waals surface area contributed by atoms with Gasteiger partial charge in [0.15, 0.2) is 5.76 Å². The number of thiophene rings is 1. The lowest BCUT2D eigenvalue weighted by Crippen LogP contribution is -2.44. The Labute approximate surface area is 209 Å². The van der Waals surface area contributed by atoms with Crippen molar-refractivity contribution >= 4 is 22.3 Å². The van der Waals surface area contributed by atoms with Gasteiger partial charge in [-0.05, 0) is 77.0 Å². The summed E-state index contributed by atoms with van der Waals surface area (Å²) in [6.07, 6.45) is 8.77. The van der Waals surface area contributed by atoms with Gasteiger partial charge in [0.1, 0.15) is 16.8 Å². The Morgan fingerprint density at radius 1 is 1.26 bits per heavy atom. The van der Waals surface area contributed by atoms with E-state index in [1.807, 2.05) is 12.3 Å². The van der Waals surface area contributed by atoms with Crippen molar-refractivity contribution < 1.29 is 4.52 Å². The van der Waals surface area contributed by atoms with Gasteiger partial charge < -0.3 is 20.5 Å². The van der Waals surface area contributed by atoms with Crippen molar-refractivity contribution in [3.8, 4) is 17.5 Å². The number of fused-ring (bicyclic) bond motifs is 4. The average Bonchev–Trinajstić information content (AvgIpc) is 3.41. The summed E-state index contributed by atoms with van der Waals surface area (Å²) < 4.78 is 6.06. The predicted octanol–water partition coefficient (Wildman–Crippen LogP) is 4.18. The van der Waals surface area contributed by atoms with Crippen LogP contribution >= 0.6 is 11.3 Å². The van der Waals surface area contributed by atoms with Crippen LogP contribution in [0.2, 0.25) is 0 Å². The maximum atomic E-state index is 9.93. The normalized spacial score (nSPS) is 26.1. The van der Waals surface area contributed by atoms with Crippen molar-refractivity contribution in [2.45, 2.75) is 76.3 Å². The monoisotopic (exact) mass is 489 g/mol. The van der Waals surface area contributed by atoms with E-state index in [-0.39, 0.29) is 11.5 Å². The Bertz CT molecular complexity index is 1300. The van der Waals surface area contributed by atoms with E-state index in [0.29, 0.717) is 16.6 Å². The van der Waals surface area contributed by atoms with Gasteiger partial charge in [0, 0.05) is 40.7 Å². The molecule has 3 N–H and O–H groups in total. The van der Waals surface area contributed by atoms with Crippen molar-refractivity contribution in [1.29, 1.82) is 5.26 Å². The quantitative estimate of drug-likeness (QED) is 0.550. The zero-order valence-corrected chi connectivity index (χ0v) is 21.1. The first-order valence-electron chi connectivity index (χ1n) is 12.7. The first-order valence-corrected chi connectivity index (χ1v) is 13.5. The van der Waals surface area contributed by atoms with Gasteiger partial charge >= 0.3 is 0 Å². The van der Waals surface area contributed by atoms with Gasteiger partial charge in [-0.25, -0.2) is 9.97 Å². The number of nitrogens with zero attached hydrogens (tertiary/aromatic N) is 5. The number of hydrogen-bond donors (Lipinski definition) is 2. The molecule has 4 heterocycles. The van der Waals surface area contributed by atoms with E-state index in [1.54, 1.807) is 11.3 Å². The highest BCUT2D eigenvalue weighted by atomic mass is 32.1. The lowest BCUT2D eigenvalue weighted by molar-refractivity contribution is 0.337. The van der Waals surface area contributed by atoms with Crippen molar-refractivity contribution in [3.63, 3.8) is 0 Å². The summed E-state index contributed by atoms with van der Waals surface area (Å²) in [5.41, 5.74) is 10.6. The molecule has 1 saturated heterocycles. The van der Waals surface area contributed by atoms with E-state index in [2.05, 4.69) is 40.3 Å². The summed E-state index contributed by atoms with van der Waals surface area (Å²) in [6.45, 7) is 6.35. The molecule has 3 aliphatic rings. The highest BCUT2D eigenvalue weighted by molar-refractivity contribution is 7.16. The van der Waals surface area contributed by atoms with Crippen molar-refractivity contribution in [2.24, 2.45) is 0 Å². The summed E-state index contributed by atoms with van der Waals surface area (Å²) in [5.74, 6) is 1.48. The molecule has 3 aromatic rings. The molecular formula is C26H31N7OS. The third kappa shape index (κ3) is 3.46. The standard InChI is InChI=1S/C26H31N7OS/c1-15-16(2)33(13-5-11-29-15)25-30-12-8-19(31-25)22-17-6-3-9-26(23(17)32-34-22)10-4-7-20-21(26)18(14-27)24(28)35-20/h8,12,15-16,29H,3-7,9-11,13,28H2,1-2H3/t15-,16-,26-/m0/s1. The largest absolute Gasteiger partial charge is 0.389 e. The lowest BCUT2D eigenvalue weighted by atomic mass is 9.62. The summed E-state index contributed by atoms with van der Waals surface area (Å²) in [4.78, 5) is 13.1. The second-order valence-corrected chi connectivity index (χ2v) is 11.3. The molecule has 8 nitrogen and oxygen atoms in total. The van der Waals surface area contributed by atoms with E-state index in [1.165, 1.54) is 4.88 Å². The number of aryl methyl sites for hydroxylation is 1. The van der Waals surface area contributed by atoms with E-state index in [4.69, 9.17) is 15.2 Å². The van der Waals surface area contributed by atoms with Crippen LogP contribution in [-0.2, 0) is 18.3 Å². The number of aromatic nitrogens is 3. The summed E-state index contributed by atoms with van der Waals surface area (Å²) in [5, 5.41) is 18.8. The van der Waals surface area contributed by atoms with Gasteiger partial charge in [-0.2, -0.15) is 5.26 Å². The molecule has 1 fully saturated rings. The first kappa shape index (κ1) is 22.5. The zero-order chi connectivity index (χ0) is 24.2. The summed E-state index contributed by atoms with van der Waals surface area (Å²) >= 11 is 1.57. The highest BCUT2D eigenvalue weighted by Gasteiger charge is 2.48. The molecule has 0 amide bonds. The van der Waals surface area contributed by atoms with Gasteiger partial charge in [-0.3, -0.25) is 0 Å². The molecule has 0 unspecified atom stereocenters. The van der Waals surface area contributed by atoms with Crippen LogP contribution in [0.15, 0.2) is 16.8 Å². The van der Waals surface area contributed by atoms with Crippen LogP contribution in [0.4, 0.5) is 10.9 Å². The third-order valence-corrected chi connectivity index (χ3v) is 9.35. The van der Waals surface area contributed by atoms with Crippen LogP contribution in [0, 0.1) is 11.3 Å². The number of hydrogen-bond acceptors (Lipinski definition) is 9. The second kappa shape index (κ2) is 8.61. The van der Waals surface area contributed by atoms with Crippen LogP contribution in [0.1, 0.15) is 73.2 Å². The van der Waals surface area contributed by atoms with Crippen LogP contribution in [0.5, 0.6) is 0 Å². The van der Waals surface area contributed by atoms with Gasteiger partial charge in [0.25, 0.3) is 0 Å². The number of nitrogens with one attached hydrogen (secondary N) is 1. The molecule has 6 rings (SSSR count). The SMILES string of the molecule is C[C@@H]1NCCCN(c2nccc(-c3onc4c3CCC[C@@]43CCCc4sc(N)c(C#N)c43)n2)[C@H]1C. The van der Waals surface area contributed by atoms with Crippen molar-refractivity contribution in [1.82, 2.24) is 20.4 Å². The molecule has 0 aromatic carbocycles. The molecule has 9 heteroatoms. The molecule has 1 aliphatic heterocycles. The fourth-order valence-corrected chi connectivity index (χ4v) is 7.54. The molecule has 3 atom stereocenters. The molecule has 1 spiro atoms. The Kier molecular flexibility index (Phi) is 5.53. The van der Waals surface area contributed by atoms with Crippen LogP contribution in [0.25, 0.3) is 11.5 Å². The fourth-order valence-electron chi connectivity index (χ4n) is 6.38. The molecular weight excluding hydrogens is 458 g/mol. The molecule has 2 aliphatic carbocycles. The molecule has 0 bridgehead atoms. The number of anilines is 2. The second-order valence-electron chi connectivity index (χ2n) is 10.2. The van der Waals surface area contributed by atoms with Gasteiger partial charge in [0.05, 0.1) is 11.3 Å². The zero-order valence-electron chi connectivity index (χ0n) is 20.3. The van der Waals surface area contributed by atoms with E-state index < -0.39 is 0 Å². The van der Waals surface area contributed by atoms with E-state index in [0.717, 1.165) is 92.3 Å². The van der Waals surface area contributed by atoms with Crippen LogP contribution in [-0.4, -0.2) is 40.3 Å². The van der Waals surface area contributed by atoms with E-state index in [9.17, 15) is 5.26 Å². The highest BCUT2D eigenvalue weighted by Crippen LogP contribution is 2.54. The number of nitrogen functional groups attached to an aromatic ring is 1. The Morgan fingerprint density at radius 2 is 2.09 bits per heavy atom. The minimum Gasteiger partial charge on any atom is -0.389 e. The number of nitriles is 1. The smallest absolute Gasteiger partial charge is 0.226 e. The van der Waals surface area contributed by atoms with E-state index >= 15 is 0 Å². The number of nitrogens with two attached hydrogens (primary N) is 1. The maximum absolute atomic E-state index is 9.93. The first-order chi connectivity index (χ1) is 17.0. The minimum atomic E-state index is -0.293. The Morgan fingerprint density at radius 3 is 2.91 bits per heavy atom. The van der Waals surface area contributed by atoms with Gasteiger partial charge in [-0.15, -0.1) is 11.3 Å². The van der Waals surface area contributed by atoms with Crippen LogP contribution in [0.3, 0.4) is 0 Å². The topological polar surface area (TPSA) is 117 Å². The average molecular weight is 490 g/mol. The molecule has 182 valence electrons. The summed E-state index contributed by atoms with van der Waals surface area (Å²) in [6, 6.07) is 4.96. The lowest BCUT2D eigenvalue weighted by Gasteiger charge is -2.39. The molecule has 0 radical (unpaired) electrons. The maximum Gasteiger partial charge on any atom is 0.226 e. The number of rotatable bonds is 2. The van der Waals surface area contributed by atoms with Crippen molar-refractivity contribution in [2.75, 3.05) is 23.7 Å². The van der Waals surface area contributed by atoms with Crippen molar-refractivity contribution in [3.05, 3.63) is 39.5 Å². The minimum absolute atomic E-state index is 0.286.